The lowest BCUT2D eigenvalue weighted by Gasteiger charge is -2.20. The molecule has 0 aliphatic heterocycles. The van der Waals surface area contributed by atoms with Crippen molar-refractivity contribution in [2.75, 3.05) is 11.9 Å². The summed E-state index contributed by atoms with van der Waals surface area (Å²) >= 11 is 8.80. The van der Waals surface area contributed by atoms with Crippen molar-refractivity contribution in [1.82, 2.24) is 0 Å². The van der Waals surface area contributed by atoms with Gasteiger partial charge in [-0.15, -0.1) is 11.3 Å². The van der Waals surface area contributed by atoms with Gasteiger partial charge in [0.05, 0.1) is 3.79 Å². The molecule has 0 saturated carbocycles. The van der Waals surface area contributed by atoms with Crippen molar-refractivity contribution in [2.24, 2.45) is 5.73 Å². The summed E-state index contributed by atoms with van der Waals surface area (Å²) in [5.74, 6) is 0. The van der Waals surface area contributed by atoms with Gasteiger partial charge in [0, 0.05) is 29.8 Å². The molecule has 2 nitrogen and oxygen atoms in total. The van der Waals surface area contributed by atoms with Crippen LogP contribution in [-0.2, 0) is 6.54 Å². The minimum Gasteiger partial charge on any atom is -0.370 e. The Kier molecular flexibility index (Phi) is 5.06. The zero-order chi connectivity index (χ0) is 14.0. The standard InChI is InChI=1S/C14H16Br2N2S/c1-9(17)12-4-3-11(6-13(12)15)18(2)7-10-5-14(16)19-8-10/h3-6,8-9H,7,17H2,1-2H3. The molecule has 1 unspecified atom stereocenters. The number of anilines is 1. The molecule has 2 rings (SSSR count). The number of rotatable bonds is 4. The van der Waals surface area contributed by atoms with E-state index in [1.165, 1.54) is 15.0 Å². The summed E-state index contributed by atoms with van der Waals surface area (Å²) in [5.41, 5.74) is 9.55. The predicted octanol–water partition coefficient (Wildman–Crippen LogP) is 4.93. The van der Waals surface area contributed by atoms with Gasteiger partial charge in [-0.3, -0.25) is 0 Å². The fraction of sp³-hybridized carbons (Fsp3) is 0.286. The van der Waals surface area contributed by atoms with E-state index in [2.05, 4.69) is 73.5 Å². The summed E-state index contributed by atoms with van der Waals surface area (Å²) in [6, 6.07) is 8.53. The second-order valence-electron chi connectivity index (χ2n) is 4.61. The molecule has 1 aromatic heterocycles. The molecule has 0 fully saturated rings. The average molecular weight is 404 g/mol. The van der Waals surface area contributed by atoms with Crippen molar-refractivity contribution in [2.45, 2.75) is 19.5 Å². The maximum atomic E-state index is 5.92. The van der Waals surface area contributed by atoms with E-state index >= 15 is 0 Å². The first-order valence-electron chi connectivity index (χ1n) is 5.96. The maximum absolute atomic E-state index is 5.92. The highest BCUT2D eigenvalue weighted by molar-refractivity contribution is 9.11. The number of benzene rings is 1. The quantitative estimate of drug-likeness (QED) is 0.783. The van der Waals surface area contributed by atoms with Gasteiger partial charge in [0.2, 0.25) is 0 Å². The second kappa shape index (κ2) is 6.39. The molecule has 0 amide bonds. The Morgan fingerprint density at radius 3 is 2.58 bits per heavy atom. The molecule has 19 heavy (non-hydrogen) atoms. The highest BCUT2D eigenvalue weighted by Gasteiger charge is 2.09. The molecule has 2 N–H and O–H groups in total. The van der Waals surface area contributed by atoms with Crippen LogP contribution in [-0.4, -0.2) is 7.05 Å². The lowest BCUT2D eigenvalue weighted by Crippen LogP contribution is -2.16. The highest BCUT2D eigenvalue weighted by atomic mass is 79.9. The summed E-state index contributed by atoms with van der Waals surface area (Å²) in [4.78, 5) is 2.23. The summed E-state index contributed by atoms with van der Waals surface area (Å²) in [6.45, 7) is 2.89. The van der Waals surface area contributed by atoms with Gasteiger partial charge in [0.15, 0.2) is 0 Å². The summed E-state index contributed by atoms with van der Waals surface area (Å²) in [6.07, 6.45) is 0. The first-order chi connectivity index (χ1) is 8.97. The van der Waals surface area contributed by atoms with Crippen LogP contribution in [0, 0.1) is 0 Å². The lowest BCUT2D eigenvalue weighted by atomic mass is 10.1. The SMILES string of the molecule is CC(N)c1ccc(N(C)Cc2csc(Br)c2)cc1Br. The molecule has 0 saturated heterocycles. The second-order valence-corrected chi connectivity index (χ2v) is 7.75. The molecule has 5 heteroatoms. The Hall–Kier alpha value is -0.360. The normalized spacial score (nSPS) is 12.5. The van der Waals surface area contributed by atoms with Gasteiger partial charge in [0.1, 0.15) is 0 Å². The van der Waals surface area contributed by atoms with E-state index in [1.54, 1.807) is 11.3 Å². The predicted molar refractivity (Wildman–Crippen MR) is 90.9 cm³/mol. The molecule has 0 aliphatic rings. The van der Waals surface area contributed by atoms with Crippen LogP contribution in [0.2, 0.25) is 0 Å². The van der Waals surface area contributed by atoms with Gasteiger partial charge in [-0.05, 0) is 57.6 Å². The van der Waals surface area contributed by atoms with Crippen LogP contribution in [0.4, 0.5) is 5.69 Å². The molecule has 1 atom stereocenters. The fourth-order valence-electron chi connectivity index (χ4n) is 1.92. The molecular weight excluding hydrogens is 388 g/mol. The van der Waals surface area contributed by atoms with Crippen molar-refractivity contribution in [3.8, 4) is 0 Å². The first-order valence-corrected chi connectivity index (χ1v) is 8.43. The number of nitrogens with zero attached hydrogens (tertiary/aromatic N) is 1. The third-order valence-electron chi connectivity index (χ3n) is 2.96. The topological polar surface area (TPSA) is 29.3 Å². The molecule has 0 aliphatic carbocycles. The third-order valence-corrected chi connectivity index (χ3v) is 5.20. The van der Waals surface area contributed by atoms with Crippen LogP contribution in [0.1, 0.15) is 24.1 Å². The molecule has 0 radical (unpaired) electrons. The lowest BCUT2D eigenvalue weighted by molar-refractivity contribution is 0.812. The monoisotopic (exact) mass is 402 g/mol. The van der Waals surface area contributed by atoms with Crippen molar-refractivity contribution in [3.05, 3.63) is 49.0 Å². The smallest absolute Gasteiger partial charge is 0.0701 e. The van der Waals surface area contributed by atoms with Crippen LogP contribution in [0.25, 0.3) is 0 Å². The molecule has 1 heterocycles. The van der Waals surface area contributed by atoms with Crippen molar-refractivity contribution >= 4 is 48.9 Å². The van der Waals surface area contributed by atoms with E-state index in [0.717, 1.165) is 16.6 Å². The Morgan fingerprint density at radius 1 is 1.32 bits per heavy atom. The Morgan fingerprint density at radius 2 is 2.05 bits per heavy atom. The zero-order valence-electron chi connectivity index (χ0n) is 10.9. The van der Waals surface area contributed by atoms with E-state index < -0.39 is 0 Å². The number of thiophene rings is 1. The number of halogens is 2. The van der Waals surface area contributed by atoms with E-state index in [9.17, 15) is 0 Å². The number of nitrogens with two attached hydrogens (primary N) is 1. The van der Waals surface area contributed by atoms with E-state index in [4.69, 9.17) is 5.73 Å². The highest BCUT2D eigenvalue weighted by Crippen LogP contribution is 2.28. The van der Waals surface area contributed by atoms with Gasteiger partial charge in [-0.25, -0.2) is 0 Å². The minimum absolute atomic E-state index is 0.0431. The molecule has 0 spiro atoms. The largest absolute Gasteiger partial charge is 0.370 e. The zero-order valence-corrected chi connectivity index (χ0v) is 14.8. The molecule has 1 aromatic carbocycles. The van der Waals surface area contributed by atoms with Gasteiger partial charge >= 0.3 is 0 Å². The summed E-state index contributed by atoms with van der Waals surface area (Å²) < 4.78 is 2.24. The molecule has 102 valence electrons. The first kappa shape index (κ1) is 15.0. The van der Waals surface area contributed by atoms with Crippen LogP contribution < -0.4 is 10.6 Å². The van der Waals surface area contributed by atoms with Crippen LogP contribution in [0.15, 0.2) is 37.9 Å². The van der Waals surface area contributed by atoms with E-state index in [1.807, 2.05) is 6.92 Å². The van der Waals surface area contributed by atoms with Crippen molar-refractivity contribution in [1.29, 1.82) is 0 Å². The van der Waals surface area contributed by atoms with Gasteiger partial charge < -0.3 is 10.6 Å². The Balaban J connectivity index is 2.15. The van der Waals surface area contributed by atoms with Crippen molar-refractivity contribution < 1.29 is 0 Å². The third kappa shape index (κ3) is 3.81. The minimum atomic E-state index is 0.0431. The number of hydrogen-bond acceptors (Lipinski definition) is 3. The van der Waals surface area contributed by atoms with E-state index in [0.29, 0.717) is 0 Å². The van der Waals surface area contributed by atoms with Crippen LogP contribution in [0.5, 0.6) is 0 Å². The van der Waals surface area contributed by atoms with Gasteiger partial charge in [0.25, 0.3) is 0 Å². The van der Waals surface area contributed by atoms with Gasteiger partial charge in [-0.1, -0.05) is 22.0 Å². The van der Waals surface area contributed by atoms with Crippen molar-refractivity contribution in [3.63, 3.8) is 0 Å². The summed E-state index contributed by atoms with van der Waals surface area (Å²) in [7, 11) is 2.10. The molecule has 0 bridgehead atoms. The van der Waals surface area contributed by atoms with Crippen LogP contribution >= 0.6 is 43.2 Å². The van der Waals surface area contributed by atoms with Gasteiger partial charge in [-0.2, -0.15) is 0 Å². The average Bonchev–Trinajstić information content (AvgIpc) is 2.74. The fourth-order valence-corrected chi connectivity index (χ4v) is 3.84. The summed E-state index contributed by atoms with van der Waals surface area (Å²) in [5, 5.41) is 2.17. The number of hydrogen-bond donors (Lipinski definition) is 1. The molecular formula is C14H16Br2N2S. The Labute approximate surface area is 134 Å². The Bertz CT molecular complexity index is 566. The molecule has 2 aromatic rings. The van der Waals surface area contributed by atoms with E-state index in [-0.39, 0.29) is 6.04 Å². The maximum Gasteiger partial charge on any atom is 0.0701 e. The van der Waals surface area contributed by atoms with Crippen LogP contribution in [0.3, 0.4) is 0 Å².